The van der Waals surface area contributed by atoms with E-state index in [4.69, 9.17) is 4.55 Å². The fourth-order valence-corrected chi connectivity index (χ4v) is 2.14. The van der Waals surface area contributed by atoms with Gasteiger partial charge in [-0.05, 0) is 5.56 Å². The molecule has 0 aromatic heterocycles. The minimum absolute atomic E-state index is 0.288. The number of halogens is 1. The highest BCUT2D eigenvalue weighted by atomic mass is 79.9. The van der Waals surface area contributed by atoms with Crippen LogP contribution >= 0.6 is 15.9 Å². The summed E-state index contributed by atoms with van der Waals surface area (Å²) >= 11 is 3.10. The van der Waals surface area contributed by atoms with Crippen molar-refractivity contribution in [3.05, 3.63) is 35.9 Å². The molecule has 0 amide bonds. The standard InChI is InChI=1S/C8H9BrO4S/c9-6-8(13-14(10,11)12)7-4-2-1-3-5-7/h1-5,8H,6H2,(H,10,11,12). The molecule has 14 heavy (non-hydrogen) atoms. The lowest BCUT2D eigenvalue weighted by atomic mass is 10.1. The van der Waals surface area contributed by atoms with E-state index < -0.39 is 16.5 Å². The molecule has 0 radical (unpaired) electrons. The second-order valence-electron chi connectivity index (χ2n) is 2.58. The van der Waals surface area contributed by atoms with Gasteiger partial charge >= 0.3 is 10.4 Å². The van der Waals surface area contributed by atoms with Gasteiger partial charge in [0.25, 0.3) is 0 Å². The maximum atomic E-state index is 10.5. The fraction of sp³-hybridized carbons (Fsp3) is 0.250. The zero-order valence-corrected chi connectivity index (χ0v) is 9.53. The number of benzene rings is 1. The number of hydrogen-bond donors (Lipinski definition) is 1. The molecule has 6 heteroatoms. The molecule has 0 aliphatic heterocycles. The molecule has 1 aromatic carbocycles. The van der Waals surface area contributed by atoms with Crippen LogP contribution in [-0.4, -0.2) is 18.3 Å². The highest BCUT2D eigenvalue weighted by molar-refractivity contribution is 9.09. The molecular weight excluding hydrogens is 272 g/mol. The molecule has 0 aliphatic carbocycles. The molecule has 1 rings (SSSR count). The average Bonchev–Trinajstić information content (AvgIpc) is 2.14. The van der Waals surface area contributed by atoms with Crippen molar-refractivity contribution in [2.45, 2.75) is 6.10 Å². The van der Waals surface area contributed by atoms with E-state index in [1.165, 1.54) is 0 Å². The van der Waals surface area contributed by atoms with Gasteiger partial charge in [0.1, 0.15) is 6.10 Å². The largest absolute Gasteiger partial charge is 0.397 e. The number of rotatable bonds is 4. The maximum Gasteiger partial charge on any atom is 0.397 e. The monoisotopic (exact) mass is 280 g/mol. The lowest BCUT2D eigenvalue weighted by molar-refractivity contribution is 0.205. The lowest BCUT2D eigenvalue weighted by Gasteiger charge is -2.12. The predicted molar refractivity (Wildman–Crippen MR) is 55.6 cm³/mol. The van der Waals surface area contributed by atoms with Gasteiger partial charge in [0.05, 0.1) is 0 Å². The van der Waals surface area contributed by atoms with Gasteiger partial charge in [0, 0.05) is 5.33 Å². The Balaban J connectivity index is 2.84. The van der Waals surface area contributed by atoms with Crippen molar-refractivity contribution in [1.82, 2.24) is 0 Å². The first-order valence-corrected chi connectivity index (χ1v) is 6.28. The normalized spacial score (nSPS) is 13.9. The van der Waals surface area contributed by atoms with Crippen LogP contribution in [0.2, 0.25) is 0 Å². The summed E-state index contributed by atoms with van der Waals surface area (Å²) in [6.45, 7) is 0. The smallest absolute Gasteiger partial charge is 0.264 e. The highest BCUT2D eigenvalue weighted by Crippen LogP contribution is 2.20. The summed E-state index contributed by atoms with van der Waals surface area (Å²) in [5.41, 5.74) is 0.682. The van der Waals surface area contributed by atoms with Gasteiger partial charge in [-0.1, -0.05) is 46.3 Å². The fourth-order valence-electron chi connectivity index (χ4n) is 0.985. The summed E-state index contributed by atoms with van der Waals surface area (Å²) in [7, 11) is -4.41. The summed E-state index contributed by atoms with van der Waals surface area (Å²) in [5, 5.41) is 0.288. The Morgan fingerprint density at radius 2 is 1.93 bits per heavy atom. The Hall–Kier alpha value is -0.430. The number of hydrogen-bond acceptors (Lipinski definition) is 3. The summed E-state index contributed by atoms with van der Waals surface area (Å²) in [5.74, 6) is 0. The molecule has 1 N–H and O–H groups in total. The number of alkyl halides is 1. The van der Waals surface area contributed by atoms with Crippen LogP contribution in [0.4, 0.5) is 0 Å². The van der Waals surface area contributed by atoms with E-state index in [0.29, 0.717) is 5.56 Å². The van der Waals surface area contributed by atoms with E-state index in [9.17, 15) is 8.42 Å². The molecule has 0 spiro atoms. The summed E-state index contributed by atoms with van der Waals surface area (Å²) in [4.78, 5) is 0. The Kier molecular flexibility index (Phi) is 4.06. The second kappa shape index (κ2) is 4.88. The van der Waals surface area contributed by atoms with Crippen LogP contribution in [0, 0.1) is 0 Å². The van der Waals surface area contributed by atoms with Gasteiger partial charge in [-0.3, -0.25) is 4.55 Å². The minimum Gasteiger partial charge on any atom is -0.264 e. The maximum absolute atomic E-state index is 10.5. The first kappa shape index (κ1) is 11.6. The molecule has 0 fully saturated rings. The van der Waals surface area contributed by atoms with Gasteiger partial charge in [0.2, 0.25) is 0 Å². The third-order valence-electron chi connectivity index (χ3n) is 1.55. The Morgan fingerprint density at radius 3 is 2.36 bits per heavy atom. The van der Waals surface area contributed by atoms with Gasteiger partial charge in [-0.2, -0.15) is 8.42 Å². The SMILES string of the molecule is O=S(=O)(O)OC(CBr)c1ccccc1. The molecular formula is C8H9BrO4S. The van der Waals surface area contributed by atoms with Crippen LogP contribution in [0.25, 0.3) is 0 Å². The zero-order valence-electron chi connectivity index (χ0n) is 7.13. The van der Waals surface area contributed by atoms with Gasteiger partial charge in [-0.15, -0.1) is 0 Å². The van der Waals surface area contributed by atoms with Crippen molar-refractivity contribution < 1.29 is 17.2 Å². The van der Waals surface area contributed by atoms with Gasteiger partial charge in [0.15, 0.2) is 0 Å². The van der Waals surface area contributed by atoms with Crippen LogP contribution in [0.1, 0.15) is 11.7 Å². The van der Waals surface area contributed by atoms with Crippen molar-refractivity contribution >= 4 is 26.3 Å². The van der Waals surface area contributed by atoms with Crippen LogP contribution in [0.5, 0.6) is 0 Å². The van der Waals surface area contributed by atoms with Gasteiger partial charge in [-0.25, -0.2) is 4.18 Å². The Bertz CT molecular complexity index is 376. The van der Waals surface area contributed by atoms with Crippen molar-refractivity contribution in [2.24, 2.45) is 0 Å². The molecule has 78 valence electrons. The second-order valence-corrected chi connectivity index (χ2v) is 4.27. The minimum atomic E-state index is -4.41. The third-order valence-corrected chi connectivity index (χ3v) is 2.61. The van der Waals surface area contributed by atoms with Crippen LogP contribution in [-0.2, 0) is 14.6 Å². The van der Waals surface area contributed by atoms with E-state index in [1.807, 2.05) is 6.07 Å². The first-order chi connectivity index (χ1) is 6.53. The molecule has 0 bridgehead atoms. The van der Waals surface area contributed by atoms with Crippen LogP contribution in [0.15, 0.2) is 30.3 Å². The topological polar surface area (TPSA) is 63.6 Å². The lowest BCUT2D eigenvalue weighted by Crippen LogP contribution is -2.11. The van der Waals surface area contributed by atoms with Crippen LogP contribution in [0.3, 0.4) is 0 Å². The van der Waals surface area contributed by atoms with E-state index in [-0.39, 0.29) is 5.33 Å². The zero-order chi connectivity index (χ0) is 10.6. The molecule has 0 saturated heterocycles. The van der Waals surface area contributed by atoms with Crippen LogP contribution < -0.4 is 0 Å². The summed E-state index contributed by atoms with van der Waals surface area (Å²) < 4.78 is 33.9. The summed E-state index contributed by atoms with van der Waals surface area (Å²) in [6, 6.07) is 8.77. The van der Waals surface area contributed by atoms with Crippen molar-refractivity contribution in [1.29, 1.82) is 0 Å². The molecule has 1 aromatic rings. The summed E-state index contributed by atoms with van der Waals surface area (Å²) in [6.07, 6.45) is -0.703. The quantitative estimate of drug-likeness (QED) is 0.676. The van der Waals surface area contributed by atoms with E-state index >= 15 is 0 Å². The van der Waals surface area contributed by atoms with Crippen molar-refractivity contribution in [3.63, 3.8) is 0 Å². The van der Waals surface area contributed by atoms with Gasteiger partial charge < -0.3 is 0 Å². The van der Waals surface area contributed by atoms with E-state index in [0.717, 1.165) is 0 Å². The van der Waals surface area contributed by atoms with Crippen molar-refractivity contribution in [3.8, 4) is 0 Å². The highest BCUT2D eigenvalue weighted by Gasteiger charge is 2.17. The van der Waals surface area contributed by atoms with Crippen molar-refractivity contribution in [2.75, 3.05) is 5.33 Å². The molecule has 0 heterocycles. The molecule has 4 nitrogen and oxygen atoms in total. The Morgan fingerprint density at radius 1 is 1.36 bits per heavy atom. The Labute approximate surface area is 91.0 Å². The third kappa shape index (κ3) is 3.75. The molecule has 1 atom stereocenters. The average molecular weight is 281 g/mol. The molecule has 1 unspecified atom stereocenters. The molecule has 0 saturated carbocycles. The van der Waals surface area contributed by atoms with E-state index in [1.54, 1.807) is 24.3 Å². The van der Waals surface area contributed by atoms with E-state index in [2.05, 4.69) is 20.1 Å². The predicted octanol–water partition coefficient (Wildman–Crippen LogP) is 1.94. The molecule has 0 aliphatic rings. The first-order valence-electron chi connectivity index (χ1n) is 3.79.